The van der Waals surface area contributed by atoms with Gasteiger partial charge >= 0.3 is 0 Å². The van der Waals surface area contributed by atoms with Crippen molar-refractivity contribution in [2.75, 3.05) is 5.01 Å². The highest BCUT2D eigenvalue weighted by atomic mass is 16.2. The molecule has 1 aromatic rings. The fourth-order valence-electron chi connectivity index (χ4n) is 2.65. The van der Waals surface area contributed by atoms with E-state index >= 15 is 0 Å². The highest BCUT2D eigenvalue weighted by Gasteiger charge is 2.38. The number of amides is 1. The third-order valence-electron chi connectivity index (χ3n) is 3.47. The predicted octanol–water partition coefficient (Wildman–Crippen LogP) is 1.99. The van der Waals surface area contributed by atoms with Crippen LogP contribution in [0.25, 0.3) is 0 Å². The van der Waals surface area contributed by atoms with E-state index in [9.17, 15) is 4.79 Å². The van der Waals surface area contributed by atoms with Gasteiger partial charge in [0.1, 0.15) is 0 Å². The molecule has 0 N–H and O–H groups in total. The summed E-state index contributed by atoms with van der Waals surface area (Å²) in [5.74, 6) is 0.428. The Morgan fingerprint density at radius 2 is 1.94 bits per heavy atom. The number of fused-ring (bicyclic) bond motifs is 1. The molecule has 1 atom stereocenters. The lowest BCUT2D eigenvalue weighted by Crippen LogP contribution is -2.30. The van der Waals surface area contributed by atoms with Gasteiger partial charge in [-0.25, -0.2) is 9.97 Å². The van der Waals surface area contributed by atoms with Gasteiger partial charge in [-0.15, -0.1) is 0 Å². The van der Waals surface area contributed by atoms with E-state index in [4.69, 9.17) is 0 Å². The number of nitrogens with zero attached hydrogens (tertiary/aromatic N) is 4. The van der Waals surface area contributed by atoms with Gasteiger partial charge in [-0.2, -0.15) is 10.1 Å². The lowest BCUT2D eigenvalue weighted by Gasteiger charge is -2.16. The van der Waals surface area contributed by atoms with Crippen LogP contribution in [0, 0.1) is 19.8 Å². The van der Waals surface area contributed by atoms with Crippen LogP contribution < -0.4 is 5.01 Å². The minimum Gasteiger partial charge on any atom is -0.272 e. The van der Waals surface area contributed by atoms with Gasteiger partial charge in [0.25, 0.3) is 11.9 Å². The Kier molecular flexibility index (Phi) is 2.61. The average molecular weight is 244 g/mol. The zero-order chi connectivity index (χ0) is 12.7. The summed E-state index contributed by atoms with van der Waals surface area (Å²) in [5.41, 5.74) is 2.73. The van der Waals surface area contributed by atoms with Gasteiger partial charge in [0.15, 0.2) is 0 Å². The monoisotopic (exact) mass is 244 g/mol. The van der Waals surface area contributed by atoms with Crippen molar-refractivity contribution in [2.45, 2.75) is 39.5 Å². The van der Waals surface area contributed by atoms with Gasteiger partial charge in [-0.1, -0.05) is 6.42 Å². The van der Waals surface area contributed by atoms with Crippen molar-refractivity contribution in [1.29, 1.82) is 0 Å². The summed E-state index contributed by atoms with van der Waals surface area (Å²) in [4.78, 5) is 20.9. The van der Waals surface area contributed by atoms with E-state index in [2.05, 4.69) is 15.1 Å². The maximum absolute atomic E-state index is 12.3. The molecule has 2 aliphatic rings. The van der Waals surface area contributed by atoms with Crippen LogP contribution in [0.5, 0.6) is 0 Å². The quantitative estimate of drug-likeness (QED) is 0.759. The summed E-state index contributed by atoms with van der Waals surface area (Å²) >= 11 is 0. The van der Waals surface area contributed by atoms with Crippen LogP contribution >= 0.6 is 0 Å². The maximum atomic E-state index is 12.3. The standard InChI is InChI=1S/C13H16N4O/c1-8-7-9(2)15-13(14-8)17-12(18)10-5-3-4-6-11(10)16-17/h7,10H,3-6H2,1-2H3. The molecule has 0 aromatic carbocycles. The van der Waals surface area contributed by atoms with Crippen LogP contribution in [-0.4, -0.2) is 21.6 Å². The zero-order valence-electron chi connectivity index (χ0n) is 10.7. The van der Waals surface area contributed by atoms with E-state index in [1.54, 1.807) is 0 Å². The van der Waals surface area contributed by atoms with E-state index in [1.165, 1.54) is 5.01 Å². The Hall–Kier alpha value is -1.78. The number of hydrogen-bond donors (Lipinski definition) is 0. The van der Waals surface area contributed by atoms with Crippen LogP contribution in [0.1, 0.15) is 37.1 Å². The van der Waals surface area contributed by atoms with Crippen LogP contribution in [0.4, 0.5) is 5.95 Å². The molecule has 5 heteroatoms. The van der Waals surface area contributed by atoms with Crippen molar-refractivity contribution >= 4 is 17.6 Å². The third kappa shape index (κ3) is 1.79. The van der Waals surface area contributed by atoms with Gasteiger partial charge in [0.05, 0.1) is 11.6 Å². The molecule has 1 aromatic heterocycles. The van der Waals surface area contributed by atoms with Crippen molar-refractivity contribution in [3.8, 4) is 0 Å². The first-order valence-electron chi connectivity index (χ1n) is 6.39. The van der Waals surface area contributed by atoms with Gasteiger partial charge in [-0.05, 0) is 39.2 Å². The minimum absolute atomic E-state index is 0.0248. The van der Waals surface area contributed by atoms with Crippen molar-refractivity contribution < 1.29 is 4.79 Å². The predicted molar refractivity (Wildman–Crippen MR) is 68.4 cm³/mol. The van der Waals surface area contributed by atoms with Gasteiger partial charge in [0.2, 0.25) is 0 Å². The first kappa shape index (κ1) is 11.3. The molecule has 18 heavy (non-hydrogen) atoms. The second-order valence-electron chi connectivity index (χ2n) is 4.99. The zero-order valence-corrected chi connectivity index (χ0v) is 10.7. The van der Waals surface area contributed by atoms with Gasteiger partial charge in [0, 0.05) is 11.4 Å². The summed E-state index contributed by atoms with van der Waals surface area (Å²) in [6.45, 7) is 3.80. The molecule has 1 unspecified atom stereocenters. The smallest absolute Gasteiger partial charge is 0.258 e. The fourth-order valence-corrected chi connectivity index (χ4v) is 2.65. The van der Waals surface area contributed by atoms with Crippen molar-refractivity contribution in [1.82, 2.24) is 9.97 Å². The molecule has 0 bridgehead atoms. The second kappa shape index (κ2) is 4.15. The number of rotatable bonds is 1. The molecule has 5 nitrogen and oxygen atoms in total. The molecule has 1 amide bonds. The van der Waals surface area contributed by atoms with Gasteiger partial charge < -0.3 is 0 Å². The first-order valence-corrected chi connectivity index (χ1v) is 6.39. The highest BCUT2D eigenvalue weighted by Crippen LogP contribution is 2.30. The number of carbonyl (C=O) groups excluding carboxylic acids is 1. The number of hydrazone groups is 1. The number of aryl methyl sites for hydroxylation is 2. The topological polar surface area (TPSA) is 58.5 Å². The lowest BCUT2D eigenvalue weighted by atomic mass is 9.87. The summed E-state index contributed by atoms with van der Waals surface area (Å²) in [5, 5.41) is 5.81. The Balaban J connectivity index is 1.97. The van der Waals surface area contributed by atoms with E-state index < -0.39 is 0 Å². The van der Waals surface area contributed by atoms with Crippen LogP contribution in [0.3, 0.4) is 0 Å². The lowest BCUT2D eigenvalue weighted by molar-refractivity contribution is -0.120. The summed E-state index contributed by atoms with van der Waals surface area (Å²) in [6.07, 6.45) is 4.08. The normalized spacial score (nSPS) is 23.0. The molecule has 1 aliphatic heterocycles. The fraction of sp³-hybridized carbons (Fsp3) is 0.538. The third-order valence-corrected chi connectivity index (χ3v) is 3.47. The number of aromatic nitrogens is 2. The number of carbonyl (C=O) groups is 1. The van der Waals surface area contributed by atoms with Crippen LogP contribution in [-0.2, 0) is 4.79 Å². The Morgan fingerprint density at radius 1 is 1.22 bits per heavy atom. The molecule has 1 saturated carbocycles. The Morgan fingerprint density at radius 3 is 2.61 bits per heavy atom. The van der Waals surface area contributed by atoms with Gasteiger partial charge in [-0.3, -0.25) is 4.79 Å². The van der Waals surface area contributed by atoms with E-state index in [1.807, 2.05) is 19.9 Å². The molecule has 1 fully saturated rings. The van der Waals surface area contributed by atoms with E-state index in [0.717, 1.165) is 42.8 Å². The van der Waals surface area contributed by atoms with Crippen LogP contribution in [0.2, 0.25) is 0 Å². The summed E-state index contributed by atoms with van der Waals surface area (Å²) in [6, 6.07) is 1.89. The van der Waals surface area contributed by atoms with Crippen LogP contribution in [0.15, 0.2) is 11.2 Å². The Labute approximate surface area is 106 Å². The molecule has 3 rings (SSSR count). The second-order valence-corrected chi connectivity index (χ2v) is 4.99. The van der Waals surface area contributed by atoms with Crippen molar-refractivity contribution in [2.24, 2.45) is 11.0 Å². The van der Waals surface area contributed by atoms with E-state index in [0.29, 0.717) is 5.95 Å². The molecular weight excluding hydrogens is 228 g/mol. The molecular formula is C13H16N4O. The highest BCUT2D eigenvalue weighted by molar-refractivity contribution is 6.15. The molecule has 0 saturated heterocycles. The number of hydrogen-bond acceptors (Lipinski definition) is 4. The Bertz CT molecular complexity index is 518. The van der Waals surface area contributed by atoms with E-state index in [-0.39, 0.29) is 11.8 Å². The summed E-state index contributed by atoms with van der Waals surface area (Å²) in [7, 11) is 0. The first-order chi connectivity index (χ1) is 8.65. The molecule has 94 valence electrons. The molecule has 2 heterocycles. The van der Waals surface area contributed by atoms with Crippen molar-refractivity contribution in [3.63, 3.8) is 0 Å². The molecule has 0 spiro atoms. The van der Waals surface area contributed by atoms with Crippen molar-refractivity contribution in [3.05, 3.63) is 17.5 Å². The average Bonchev–Trinajstić information content (AvgIpc) is 2.66. The largest absolute Gasteiger partial charge is 0.272 e. The molecule has 0 radical (unpaired) electrons. The SMILES string of the molecule is Cc1cc(C)nc(N2N=C3CCCCC3C2=O)n1. The maximum Gasteiger partial charge on any atom is 0.258 e. The minimum atomic E-state index is -0.0248. The molecule has 1 aliphatic carbocycles. The number of anilines is 1. The summed E-state index contributed by atoms with van der Waals surface area (Å²) < 4.78 is 0.